The van der Waals surface area contributed by atoms with E-state index in [0.29, 0.717) is 33.3 Å². The number of hydrogen-bond donors (Lipinski definition) is 2. The van der Waals surface area contributed by atoms with E-state index in [1.165, 1.54) is 28.4 Å². The fourth-order valence-corrected chi connectivity index (χ4v) is 4.12. The normalized spacial score (nSPS) is 14.6. The Morgan fingerprint density at radius 3 is 3.12 bits per heavy atom. The molecule has 0 atom stereocenters. The van der Waals surface area contributed by atoms with Gasteiger partial charge in [0.25, 0.3) is 0 Å². The Kier molecular flexibility index (Phi) is 5.65. The third-order valence-corrected chi connectivity index (χ3v) is 5.80. The number of imidazole rings is 1. The number of thiocarbonyl (C=S) groups is 1. The lowest BCUT2D eigenvalue weighted by atomic mass is 10.3. The van der Waals surface area contributed by atoms with Crippen LogP contribution in [0.15, 0.2) is 23.4 Å². The van der Waals surface area contributed by atoms with Gasteiger partial charge in [-0.05, 0) is 18.2 Å². The Morgan fingerprint density at radius 1 is 1.54 bits per heavy atom. The molecular formula is C14H13ClN4O2S3. The minimum absolute atomic E-state index is 0.00504. The summed E-state index contributed by atoms with van der Waals surface area (Å²) in [5.74, 6) is 0.498. The quantitative estimate of drug-likeness (QED) is 0.572. The van der Waals surface area contributed by atoms with Gasteiger partial charge >= 0.3 is 0 Å². The number of aromatic nitrogens is 2. The average molecular weight is 401 g/mol. The monoisotopic (exact) mass is 400 g/mol. The molecule has 0 aliphatic carbocycles. The summed E-state index contributed by atoms with van der Waals surface area (Å²) in [7, 11) is 0. The van der Waals surface area contributed by atoms with Crippen molar-refractivity contribution >= 4 is 74.5 Å². The number of fused-ring (bicyclic) bond motifs is 1. The third-order valence-electron chi connectivity index (χ3n) is 3.26. The molecule has 3 rings (SSSR count). The first-order valence-corrected chi connectivity index (χ1v) is 9.80. The first kappa shape index (κ1) is 17.5. The van der Waals surface area contributed by atoms with Crippen LogP contribution in [0.4, 0.5) is 0 Å². The largest absolute Gasteiger partial charge is 0.354 e. The number of carbonyl (C=O) groups excluding carboxylic acids is 2. The number of nitrogens with zero attached hydrogens (tertiary/aromatic N) is 2. The van der Waals surface area contributed by atoms with E-state index < -0.39 is 0 Å². The molecule has 1 aliphatic rings. The maximum absolute atomic E-state index is 11.9. The Hall–Kier alpha value is -1.29. The Balaban J connectivity index is 1.45. The van der Waals surface area contributed by atoms with Gasteiger partial charge in [-0.2, -0.15) is 0 Å². The second kappa shape index (κ2) is 7.73. The lowest BCUT2D eigenvalue weighted by Gasteiger charge is -2.14. The van der Waals surface area contributed by atoms with Crippen LogP contribution in [0, 0.1) is 0 Å². The van der Waals surface area contributed by atoms with E-state index in [-0.39, 0.29) is 17.6 Å². The van der Waals surface area contributed by atoms with Gasteiger partial charge in [-0.15, -0.1) is 0 Å². The standard InChI is InChI=1S/C14H13ClN4O2S3/c15-8-1-2-9-10(5-8)18-13(17-9)23-6-11(20)16-3-4-19-12(21)7-24-14(19)22/h1-2,5H,3-4,6-7H2,(H,16,20)(H,17,18). The van der Waals surface area contributed by atoms with Crippen LogP contribution in [0.2, 0.25) is 5.02 Å². The van der Waals surface area contributed by atoms with Crippen molar-refractivity contribution in [3.8, 4) is 0 Å². The second-order valence-corrected chi connectivity index (χ2v) is 7.95. The van der Waals surface area contributed by atoms with E-state index >= 15 is 0 Å². The van der Waals surface area contributed by atoms with Crippen molar-refractivity contribution in [2.45, 2.75) is 5.16 Å². The molecule has 1 fully saturated rings. The number of H-pyrrole nitrogens is 1. The molecule has 2 heterocycles. The zero-order valence-electron chi connectivity index (χ0n) is 12.4. The van der Waals surface area contributed by atoms with Crippen molar-refractivity contribution < 1.29 is 9.59 Å². The van der Waals surface area contributed by atoms with Crippen LogP contribution in [-0.4, -0.2) is 55.6 Å². The van der Waals surface area contributed by atoms with E-state index in [2.05, 4.69) is 15.3 Å². The molecule has 1 aliphatic heterocycles. The number of rotatable bonds is 6. The third kappa shape index (κ3) is 4.21. The number of aromatic amines is 1. The van der Waals surface area contributed by atoms with Gasteiger partial charge in [0.15, 0.2) is 5.16 Å². The fourth-order valence-electron chi connectivity index (χ4n) is 2.12. The number of amides is 2. The lowest BCUT2D eigenvalue weighted by Crippen LogP contribution is -2.37. The smallest absolute Gasteiger partial charge is 0.238 e. The maximum atomic E-state index is 11.9. The summed E-state index contributed by atoms with van der Waals surface area (Å²) in [6, 6.07) is 5.39. The number of nitrogens with one attached hydrogen (secondary N) is 2. The molecule has 0 radical (unpaired) electrons. The van der Waals surface area contributed by atoms with Crippen LogP contribution in [0.5, 0.6) is 0 Å². The molecule has 2 amide bonds. The minimum Gasteiger partial charge on any atom is -0.354 e. The summed E-state index contributed by atoms with van der Waals surface area (Å²) in [6.45, 7) is 0.784. The second-order valence-electron chi connectivity index (χ2n) is 4.94. The molecule has 1 aromatic carbocycles. The van der Waals surface area contributed by atoms with Gasteiger partial charge in [0.05, 0.1) is 22.5 Å². The zero-order chi connectivity index (χ0) is 17.1. The average Bonchev–Trinajstić information content (AvgIpc) is 3.09. The first-order valence-electron chi connectivity index (χ1n) is 7.05. The molecule has 24 heavy (non-hydrogen) atoms. The Bertz CT molecular complexity index is 794. The van der Waals surface area contributed by atoms with Crippen LogP contribution < -0.4 is 5.32 Å². The molecule has 6 nitrogen and oxygen atoms in total. The minimum atomic E-state index is -0.122. The summed E-state index contributed by atoms with van der Waals surface area (Å²) in [5.41, 5.74) is 1.64. The molecule has 126 valence electrons. The van der Waals surface area contributed by atoms with Crippen LogP contribution in [0.3, 0.4) is 0 Å². The van der Waals surface area contributed by atoms with Gasteiger partial charge in [0.1, 0.15) is 4.32 Å². The summed E-state index contributed by atoms with van der Waals surface area (Å²) in [5, 5.41) is 4.07. The van der Waals surface area contributed by atoms with E-state index in [1.54, 1.807) is 12.1 Å². The summed E-state index contributed by atoms with van der Waals surface area (Å²) < 4.78 is 0.574. The molecule has 0 bridgehead atoms. The van der Waals surface area contributed by atoms with E-state index in [9.17, 15) is 9.59 Å². The van der Waals surface area contributed by atoms with Crippen molar-refractivity contribution in [3.05, 3.63) is 23.2 Å². The maximum Gasteiger partial charge on any atom is 0.238 e. The molecule has 1 aromatic heterocycles. The van der Waals surface area contributed by atoms with Gasteiger partial charge in [0.2, 0.25) is 11.8 Å². The number of halogens is 1. The highest BCUT2D eigenvalue weighted by Gasteiger charge is 2.25. The first-order chi connectivity index (χ1) is 11.5. The molecule has 0 saturated carbocycles. The number of benzene rings is 1. The lowest BCUT2D eigenvalue weighted by molar-refractivity contribution is -0.124. The van der Waals surface area contributed by atoms with E-state index in [0.717, 1.165) is 11.0 Å². The Morgan fingerprint density at radius 2 is 2.38 bits per heavy atom. The van der Waals surface area contributed by atoms with E-state index in [1.807, 2.05) is 6.07 Å². The molecule has 0 unspecified atom stereocenters. The number of carbonyl (C=O) groups is 2. The summed E-state index contributed by atoms with van der Waals surface area (Å²) in [6.07, 6.45) is 0. The van der Waals surface area contributed by atoms with Crippen LogP contribution in [0.25, 0.3) is 11.0 Å². The molecule has 10 heteroatoms. The zero-order valence-corrected chi connectivity index (χ0v) is 15.6. The summed E-state index contributed by atoms with van der Waals surface area (Å²) in [4.78, 5) is 32.5. The molecule has 1 saturated heterocycles. The van der Waals surface area contributed by atoms with Gasteiger partial charge in [0, 0.05) is 18.1 Å². The number of hydrogen-bond acceptors (Lipinski definition) is 6. The Labute approximate surface area is 157 Å². The van der Waals surface area contributed by atoms with Crippen LogP contribution in [0.1, 0.15) is 0 Å². The predicted molar refractivity (Wildman–Crippen MR) is 102 cm³/mol. The fraction of sp³-hybridized carbons (Fsp3) is 0.286. The van der Waals surface area contributed by atoms with Crippen LogP contribution >= 0.6 is 47.3 Å². The SMILES string of the molecule is O=C(CSc1nc2ccc(Cl)cc2[nH]1)NCCN1C(=O)CSC1=S. The topological polar surface area (TPSA) is 78.1 Å². The van der Waals surface area contributed by atoms with Crippen molar-refractivity contribution in [1.82, 2.24) is 20.2 Å². The molecule has 2 aromatic rings. The van der Waals surface area contributed by atoms with Crippen molar-refractivity contribution in [2.75, 3.05) is 24.6 Å². The molecule has 0 spiro atoms. The predicted octanol–water partition coefficient (Wildman–Crippen LogP) is 2.28. The summed E-state index contributed by atoms with van der Waals surface area (Å²) >= 11 is 13.7. The van der Waals surface area contributed by atoms with Gasteiger partial charge < -0.3 is 10.3 Å². The van der Waals surface area contributed by atoms with Gasteiger partial charge in [-0.1, -0.05) is 47.3 Å². The highest BCUT2D eigenvalue weighted by atomic mass is 35.5. The highest BCUT2D eigenvalue weighted by Crippen LogP contribution is 2.22. The van der Waals surface area contributed by atoms with Crippen molar-refractivity contribution in [2.24, 2.45) is 0 Å². The van der Waals surface area contributed by atoms with Crippen molar-refractivity contribution in [1.29, 1.82) is 0 Å². The van der Waals surface area contributed by atoms with Crippen LogP contribution in [-0.2, 0) is 9.59 Å². The van der Waals surface area contributed by atoms with Gasteiger partial charge in [-0.3, -0.25) is 14.5 Å². The highest BCUT2D eigenvalue weighted by molar-refractivity contribution is 8.23. The van der Waals surface area contributed by atoms with Crippen molar-refractivity contribution in [3.63, 3.8) is 0 Å². The van der Waals surface area contributed by atoms with E-state index in [4.69, 9.17) is 23.8 Å². The van der Waals surface area contributed by atoms with Gasteiger partial charge in [-0.25, -0.2) is 4.98 Å². The molecular weight excluding hydrogens is 388 g/mol. The number of thioether (sulfide) groups is 2. The molecule has 2 N–H and O–H groups in total.